The Hall–Kier alpha value is -1.41. The van der Waals surface area contributed by atoms with Crippen molar-refractivity contribution >= 4 is 11.8 Å². The molecule has 0 bridgehead atoms. The first-order valence-electron chi connectivity index (χ1n) is 6.55. The monoisotopic (exact) mass is 249 g/mol. The molecule has 2 saturated heterocycles. The minimum atomic E-state index is -0.898. The van der Waals surface area contributed by atoms with Crippen molar-refractivity contribution < 1.29 is 9.59 Å². The molecule has 2 aliphatic heterocycles. The van der Waals surface area contributed by atoms with Gasteiger partial charge in [0.15, 0.2) is 0 Å². The molecule has 2 fully saturated rings. The molecule has 0 N–H and O–H groups in total. The van der Waals surface area contributed by atoms with E-state index in [2.05, 4.69) is 11.0 Å². The molecule has 0 radical (unpaired) electrons. The van der Waals surface area contributed by atoms with Crippen molar-refractivity contribution in [3.63, 3.8) is 0 Å². The number of carbonyl (C=O) groups is 2. The summed E-state index contributed by atoms with van der Waals surface area (Å²) in [6, 6.07) is 2.25. The van der Waals surface area contributed by atoms with Gasteiger partial charge >= 0.3 is 0 Å². The number of piperidine rings is 1. The summed E-state index contributed by atoms with van der Waals surface area (Å²) in [5.41, 5.74) is -0.898. The SMILES string of the molecule is CN1CCC(C#N)(N2C(=O)CCCCC2=O)CC1. The van der Waals surface area contributed by atoms with Crippen LogP contribution in [-0.2, 0) is 9.59 Å². The first kappa shape index (κ1) is 13.0. The van der Waals surface area contributed by atoms with Gasteiger partial charge in [0.1, 0.15) is 5.54 Å². The minimum Gasteiger partial charge on any atom is -0.306 e. The summed E-state index contributed by atoms with van der Waals surface area (Å²) < 4.78 is 0. The van der Waals surface area contributed by atoms with E-state index in [-0.39, 0.29) is 11.8 Å². The maximum atomic E-state index is 12.1. The number of hydrogen-bond donors (Lipinski definition) is 0. The van der Waals surface area contributed by atoms with E-state index in [1.807, 2.05) is 7.05 Å². The Kier molecular flexibility index (Phi) is 3.67. The number of likely N-dealkylation sites (tertiary alicyclic amines) is 2. The van der Waals surface area contributed by atoms with Crippen LogP contribution in [0.4, 0.5) is 0 Å². The van der Waals surface area contributed by atoms with Crippen LogP contribution >= 0.6 is 0 Å². The maximum Gasteiger partial charge on any atom is 0.230 e. The van der Waals surface area contributed by atoms with Crippen LogP contribution in [0, 0.1) is 11.3 Å². The number of rotatable bonds is 1. The Morgan fingerprint density at radius 3 is 2.06 bits per heavy atom. The van der Waals surface area contributed by atoms with Crippen LogP contribution in [0.25, 0.3) is 0 Å². The average molecular weight is 249 g/mol. The van der Waals surface area contributed by atoms with Crippen LogP contribution in [-0.4, -0.2) is 47.3 Å². The molecule has 2 amide bonds. The second kappa shape index (κ2) is 5.07. The standard InChI is InChI=1S/C13H19N3O2/c1-15-8-6-13(10-14,7-9-15)16-11(17)4-2-3-5-12(16)18/h2-9H2,1H3. The molecule has 2 aliphatic rings. The summed E-state index contributed by atoms with van der Waals surface area (Å²) in [5.74, 6) is -0.327. The van der Waals surface area contributed by atoms with Crippen molar-refractivity contribution in [3.05, 3.63) is 0 Å². The number of nitriles is 1. The van der Waals surface area contributed by atoms with Crippen molar-refractivity contribution in [3.8, 4) is 6.07 Å². The number of hydrogen-bond acceptors (Lipinski definition) is 4. The Bertz CT molecular complexity index is 374. The Morgan fingerprint density at radius 2 is 1.61 bits per heavy atom. The van der Waals surface area contributed by atoms with Crippen molar-refractivity contribution in [2.75, 3.05) is 20.1 Å². The van der Waals surface area contributed by atoms with E-state index >= 15 is 0 Å². The van der Waals surface area contributed by atoms with E-state index in [0.29, 0.717) is 25.7 Å². The van der Waals surface area contributed by atoms with Crippen LogP contribution in [0.3, 0.4) is 0 Å². The number of imide groups is 1. The van der Waals surface area contributed by atoms with E-state index < -0.39 is 5.54 Å². The third-order valence-corrected chi connectivity index (χ3v) is 3.98. The average Bonchev–Trinajstić information content (AvgIpc) is 2.53. The molecule has 5 nitrogen and oxygen atoms in total. The lowest BCUT2D eigenvalue weighted by Crippen LogP contribution is -2.58. The van der Waals surface area contributed by atoms with Gasteiger partial charge in [0.05, 0.1) is 6.07 Å². The third kappa shape index (κ3) is 2.25. The van der Waals surface area contributed by atoms with Crippen LogP contribution in [0.1, 0.15) is 38.5 Å². The molecule has 5 heteroatoms. The summed E-state index contributed by atoms with van der Waals surface area (Å²) in [7, 11) is 1.99. The number of carbonyl (C=O) groups excluding carboxylic acids is 2. The van der Waals surface area contributed by atoms with Gasteiger partial charge in [-0.3, -0.25) is 14.5 Å². The second-order valence-electron chi connectivity index (χ2n) is 5.28. The summed E-state index contributed by atoms with van der Waals surface area (Å²) in [4.78, 5) is 27.6. The van der Waals surface area contributed by atoms with Gasteiger partial charge in [-0.2, -0.15) is 5.26 Å². The zero-order valence-electron chi connectivity index (χ0n) is 10.8. The fourth-order valence-electron chi connectivity index (χ4n) is 2.77. The molecule has 0 aliphatic carbocycles. The second-order valence-corrected chi connectivity index (χ2v) is 5.28. The van der Waals surface area contributed by atoms with E-state index in [1.165, 1.54) is 4.90 Å². The van der Waals surface area contributed by atoms with Gasteiger partial charge in [-0.25, -0.2) is 0 Å². The first-order chi connectivity index (χ1) is 8.59. The van der Waals surface area contributed by atoms with Crippen molar-refractivity contribution in [1.29, 1.82) is 5.26 Å². The van der Waals surface area contributed by atoms with Crippen LogP contribution in [0.2, 0.25) is 0 Å². The van der Waals surface area contributed by atoms with Gasteiger partial charge in [0, 0.05) is 25.9 Å². The highest BCUT2D eigenvalue weighted by atomic mass is 16.2. The summed E-state index contributed by atoms with van der Waals surface area (Å²) >= 11 is 0. The largest absolute Gasteiger partial charge is 0.306 e. The van der Waals surface area contributed by atoms with Crippen molar-refractivity contribution in [1.82, 2.24) is 9.80 Å². The van der Waals surface area contributed by atoms with Gasteiger partial charge in [-0.1, -0.05) is 0 Å². The molecule has 0 atom stereocenters. The Labute approximate surface area is 107 Å². The van der Waals surface area contributed by atoms with E-state index in [9.17, 15) is 14.9 Å². The molecule has 98 valence electrons. The van der Waals surface area contributed by atoms with Crippen LogP contribution in [0.15, 0.2) is 0 Å². The molecular weight excluding hydrogens is 230 g/mol. The Balaban J connectivity index is 2.27. The highest BCUT2D eigenvalue weighted by molar-refractivity contribution is 5.97. The predicted octanol–water partition coefficient (Wildman–Crippen LogP) is 0.904. The molecular formula is C13H19N3O2. The molecule has 0 aromatic heterocycles. The van der Waals surface area contributed by atoms with Gasteiger partial charge in [0.2, 0.25) is 11.8 Å². The lowest BCUT2D eigenvalue weighted by molar-refractivity contribution is -0.150. The molecule has 0 aromatic carbocycles. The molecule has 0 unspecified atom stereocenters. The minimum absolute atomic E-state index is 0.163. The molecule has 2 rings (SSSR count). The smallest absolute Gasteiger partial charge is 0.230 e. The van der Waals surface area contributed by atoms with E-state index in [4.69, 9.17) is 0 Å². The lowest BCUT2D eigenvalue weighted by Gasteiger charge is -2.42. The summed E-state index contributed by atoms with van der Waals surface area (Å²) in [6.07, 6.45) is 3.43. The fourth-order valence-corrected chi connectivity index (χ4v) is 2.77. The zero-order chi connectivity index (χ0) is 13.2. The fraction of sp³-hybridized carbons (Fsp3) is 0.769. The molecule has 0 spiro atoms. The topological polar surface area (TPSA) is 64.4 Å². The quantitative estimate of drug-likeness (QED) is 0.648. The summed E-state index contributed by atoms with van der Waals surface area (Å²) in [5, 5.41) is 9.49. The normalized spacial score (nSPS) is 25.7. The Morgan fingerprint density at radius 1 is 1.11 bits per heavy atom. The highest BCUT2D eigenvalue weighted by Gasteiger charge is 2.45. The molecule has 0 aromatic rings. The van der Waals surface area contributed by atoms with E-state index in [1.54, 1.807) is 0 Å². The van der Waals surface area contributed by atoms with Crippen LogP contribution in [0.5, 0.6) is 0 Å². The zero-order valence-corrected chi connectivity index (χ0v) is 10.8. The van der Waals surface area contributed by atoms with Gasteiger partial charge < -0.3 is 4.90 Å². The molecule has 18 heavy (non-hydrogen) atoms. The van der Waals surface area contributed by atoms with Gasteiger partial charge in [-0.05, 0) is 32.7 Å². The first-order valence-corrected chi connectivity index (χ1v) is 6.55. The molecule has 2 heterocycles. The highest BCUT2D eigenvalue weighted by Crippen LogP contribution is 2.31. The maximum absolute atomic E-state index is 12.1. The number of nitrogens with zero attached hydrogens (tertiary/aromatic N) is 3. The van der Waals surface area contributed by atoms with Crippen LogP contribution < -0.4 is 0 Å². The van der Waals surface area contributed by atoms with E-state index in [0.717, 1.165) is 25.9 Å². The third-order valence-electron chi connectivity index (χ3n) is 3.98. The lowest BCUT2D eigenvalue weighted by atomic mass is 9.86. The summed E-state index contributed by atoms with van der Waals surface area (Å²) in [6.45, 7) is 1.51. The van der Waals surface area contributed by atoms with Gasteiger partial charge in [-0.15, -0.1) is 0 Å². The number of amides is 2. The van der Waals surface area contributed by atoms with Crippen molar-refractivity contribution in [2.45, 2.75) is 44.1 Å². The van der Waals surface area contributed by atoms with Gasteiger partial charge in [0.25, 0.3) is 0 Å². The predicted molar refractivity (Wildman–Crippen MR) is 65.4 cm³/mol. The molecule has 0 saturated carbocycles. The van der Waals surface area contributed by atoms with Crippen molar-refractivity contribution in [2.24, 2.45) is 0 Å².